The van der Waals surface area contributed by atoms with Crippen LogP contribution < -0.4 is 15.4 Å². The molecule has 1 aromatic rings. The largest absolute Gasteiger partial charge is 0.497 e. The molecule has 2 N–H and O–H groups in total. The Morgan fingerprint density at radius 3 is 2.67 bits per heavy atom. The molecule has 1 aliphatic rings. The van der Waals surface area contributed by atoms with Gasteiger partial charge < -0.3 is 14.8 Å². The minimum Gasteiger partial charge on any atom is -0.497 e. The summed E-state index contributed by atoms with van der Waals surface area (Å²) in [5.74, 6) is 0.608. The summed E-state index contributed by atoms with van der Waals surface area (Å²) >= 11 is 0. The molecule has 1 fully saturated rings. The first-order chi connectivity index (χ1) is 8.67. The second kappa shape index (κ2) is 5.39. The van der Waals surface area contributed by atoms with E-state index in [4.69, 9.17) is 9.47 Å². The lowest BCUT2D eigenvalue weighted by Gasteiger charge is -2.11. The van der Waals surface area contributed by atoms with E-state index < -0.39 is 12.2 Å². The monoisotopic (exact) mass is 250 g/mol. The van der Waals surface area contributed by atoms with E-state index in [0.717, 1.165) is 0 Å². The number of rotatable bonds is 3. The number of carbonyl (C=O) groups is 2. The van der Waals surface area contributed by atoms with Crippen LogP contribution in [0.3, 0.4) is 0 Å². The fraction of sp³-hybridized carbons (Fsp3) is 0.333. The molecule has 1 atom stereocenters. The lowest BCUT2D eigenvalue weighted by Crippen LogP contribution is -2.24. The van der Waals surface area contributed by atoms with Gasteiger partial charge in [-0.2, -0.15) is 0 Å². The maximum absolute atomic E-state index is 11.5. The van der Waals surface area contributed by atoms with Crippen molar-refractivity contribution >= 4 is 17.7 Å². The highest BCUT2D eigenvalue weighted by molar-refractivity contribution is 5.85. The molecule has 2 amide bonds. The average molecular weight is 250 g/mol. The fourth-order valence-corrected chi connectivity index (χ4v) is 1.64. The topological polar surface area (TPSA) is 76.7 Å². The molecule has 0 aromatic heterocycles. The molecular weight excluding hydrogens is 236 g/mol. The summed E-state index contributed by atoms with van der Waals surface area (Å²) in [6.07, 6.45) is -0.742. The van der Waals surface area contributed by atoms with Crippen molar-refractivity contribution in [2.45, 2.75) is 12.5 Å². The van der Waals surface area contributed by atoms with Gasteiger partial charge in [0.15, 0.2) is 0 Å². The number of hydrogen-bond acceptors (Lipinski definition) is 4. The Balaban J connectivity index is 1.84. The van der Waals surface area contributed by atoms with Crippen molar-refractivity contribution in [3.63, 3.8) is 0 Å². The molecule has 0 saturated carbocycles. The molecule has 2 rings (SSSR count). The zero-order valence-corrected chi connectivity index (χ0v) is 9.93. The third-order valence-electron chi connectivity index (χ3n) is 2.55. The lowest BCUT2D eigenvalue weighted by molar-refractivity contribution is -0.119. The molecule has 6 nitrogen and oxygen atoms in total. The highest BCUT2D eigenvalue weighted by Gasteiger charge is 2.24. The maximum atomic E-state index is 11.5. The normalized spacial score (nSPS) is 18.1. The number of amides is 2. The first-order valence-electron chi connectivity index (χ1n) is 5.56. The summed E-state index contributed by atoms with van der Waals surface area (Å²) in [5, 5.41) is 5.17. The predicted octanol–water partition coefficient (Wildman–Crippen LogP) is 1.13. The van der Waals surface area contributed by atoms with Crippen LogP contribution in [0.1, 0.15) is 6.42 Å². The third kappa shape index (κ3) is 3.13. The van der Waals surface area contributed by atoms with Crippen molar-refractivity contribution in [1.82, 2.24) is 5.32 Å². The van der Waals surface area contributed by atoms with Gasteiger partial charge >= 0.3 is 6.09 Å². The summed E-state index contributed by atoms with van der Waals surface area (Å²) in [5.41, 5.74) is 0.609. The van der Waals surface area contributed by atoms with Crippen LogP contribution in [0, 0.1) is 0 Å². The molecule has 18 heavy (non-hydrogen) atoms. The van der Waals surface area contributed by atoms with Crippen LogP contribution in [0.15, 0.2) is 24.3 Å². The van der Waals surface area contributed by atoms with Crippen LogP contribution in [0.25, 0.3) is 0 Å². The van der Waals surface area contributed by atoms with Crippen LogP contribution in [-0.2, 0) is 9.53 Å². The molecule has 96 valence electrons. The highest BCUT2D eigenvalue weighted by atomic mass is 16.6. The molecule has 1 heterocycles. The van der Waals surface area contributed by atoms with Gasteiger partial charge in [-0.05, 0) is 24.3 Å². The number of methoxy groups -OCH3 is 1. The summed E-state index contributed by atoms with van der Waals surface area (Å²) < 4.78 is 10.1. The Morgan fingerprint density at radius 2 is 2.11 bits per heavy atom. The van der Waals surface area contributed by atoms with Crippen LogP contribution in [0.4, 0.5) is 10.5 Å². The van der Waals surface area contributed by atoms with Gasteiger partial charge in [0.2, 0.25) is 5.91 Å². The van der Waals surface area contributed by atoms with E-state index in [2.05, 4.69) is 10.6 Å². The van der Waals surface area contributed by atoms with E-state index in [-0.39, 0.29) is 12.3 Å². The van der Waals surface area contributed by atoms with E-state index in [0.29, 0.717) is 18.0 Å². The molecule has 0 radical (unpaired) electrons. The molecule has 1 unspecified atom stereocenters. The van der Waals surface area contributed by atoms with E-state index in [1.165, 1.54) is 0 Å². The van der Waals surface area contributed by atoms with Crippen molar-refractivity contribution in [3.8, 4) is 5.75 Å². The minimum absolute atomic E-state index is 0.0998. The molecule has 1 saturated heterocycles. The smallest absolute Gasteiger partial charge is 0.411 e. The Bertz CT molecular complexity index is 444. The third-order valence-corrected chi connectivity index (χ3v) is 2.55. The quantitative estimate of drug-likeness (QED) is 0.843. The predicted molar refractivity (Wildman–Crippen MR) is 64.5 cm³/mol. The summed E-state index contributed by atoms with van der Waals surface area (Å²) in [6.45, 7) is 0.370. The van der Waals surface area contributed by atoms with Crippen molar-refractivity contribution in [3.05, 3.63) is 24.3 Å². The standard InChI is InChI=1S/C12H14N2O4/c1-17-9-4-2-8(3-5-9)14-12(16)18-10-6-11(15)13-7-10/h2-5,10H,6-7H2,1H3,(H,13,15)(H,14,16). The Kier molecular flexibility index (Phi) is 3.66. The average Bonchev–Trinajstić information content (AvgIpc) is 2.75. The van der Waals surface area contributed by atoms with Crippen LogP contribution in [0.5, 0.6) is 5.75 Å². The van der Waals surface area contributed by atoms with Gasteiger partial charge in [-0.25, -0.2) is 4.79 Å². The van der Waals surface area contributed by atoms with E-state index in [9.17, 15) is 9.59 Å². The highest BCUT2D eigenvalue weighted by Crippen LogP contribution is 2.15. The Morgan fingerprint density at radius 1 is 1.39 bits per heavy atom. The lowest BCUT2D eigenvalue weighted by atomic mass is 10.3. The molecule has 0 spiro atoms. The van der Waals surface area contributed by atoms with Crippen molar-refractivity contribution in [1.29, 1.82) is 0 Å². The number of carbonyl (C=O) groups excluding carboxylic acids is 2. The minimum atomic E-state index is -0.568. The Hall–Kier alpha value is -2.24. The van der Waals surface area contributed by atoms with Crippen LogP contribution in [-0.4, -0.2) is 31.8 Å². The number of ether oxygens (including phenoxy) is 2. The second-order valence-electron chi connectivity index (χ2n) is 3.89. The summed E-state index contributed by atoms with van der Waals surface area (Å²) in [6, 6.07) is 6.88. The van der Waals surface area contributed by atoms with Gasteiger partial charge in [0.25, 0.3) is 0 Å². The molecule has 6 heteroatoms. The van der Waals surface area contributed by atoms with E-state index >= 15 is 0 Å². The van der Waals surface area contributed by atoms with Gasteiger partial charge in [-0.1, -0.05) is 0 Å². The molecular formula is C12H14N2O4. The van der Waals surface area contributed by atoms with Gasteiger partial charge in [0.05, 0.1) is 20.1 Å². The van der Waals surface area contributed by atoms with Gasteiger partial charge in [-0.3, -0.25) is 10.1 Å². The number of nitrogens with one attached hydrogen (secondary N) is 2. The number of anilines is 1. The van der Waals surface area contributed by atoms with E-state index in [1.807, 2.05) is 0 Å². The first kappa shape index (κ1) is 12.2. The summed E-state index contributed by atoms with van der Waals surface area (Å²) in [7, 11) is 1.57. The zero-order chi connectivity index (χ0) is 13.0. The zero-order valence-electron chi connectivity index (χ0n) is 9.93. The number of benzene rings is 1. The van der Waals surface area contributed by atoms with E-state index in [1.54, 1.807) is 31.4 Å². The second-order valence-corrected chi connectivity index (χ2v) is 3.89. The van der Waals surface area contributed by atoms with Crippen LogP contribution >= 0.6 is 0 Å². The SMILES string of the molecule is COc1ccc(NC(=O)OC2CNC(=O)C2)cc1. The van der Waals surface area contributed by atoms with Gasteiger partial charge in [-0.15, -0.1) is 0 Å². The maximum Gasteiger partial charge on any atom is 0.411 e. The molecule has 1 aliphatic heterocycles. The first-order valence-corrected chi connectivity index (χ1v) is 5.56. The summed E-state index contributed by atoms with van der Waals surface area (Å²) in [4.78, 5) is 22.5. The van der Waals surface area contributed by atoms with Crippen molar-refractivity contribution < 1.29 is 19.1 Å². The number of hydrogen-bond donors (Lipinski definition) is 2. The van der Waals surface area contributed by atoms with Crippen LogP contribution in [0.2, 0.25) is 0 Å². The van der Waals surface area contributed by atoms with Crippen molar-refractivity contribution in [2.24, 2.45) is 0 Å². The fourth-order valence-electron chi connectivity index (χ4n) is 1.64. The molecule has 1 aromatic carbocycles. The molecule has 0 aliphatic carbocycles. The van der Waals surface area contributed by atoms with Crippen molar-refractivity contribution in [2.75, 3.05) is 19.0 Å². The van der Waals surface area contributed by atoms with Gasteiger partial charge in [0, 0.05) is 5.69 Å². The molecule has 0 bridgehead atoms. The van der Waals surface area contributed by atoms with Gasteiger partial charge in [0.1, 0.15) is 11.9 Å². The Labute approximate surface area is 104 Å².